The monoisotopic (exact) mass is 519 g/mol. The molecule has 0 aliphatic carbocycles. The summed E-state index contributed by atoms with van der Waals surface area (Å²) in [5.41, 5.74) is 5.62. The van der Waals surface area contributed by atoms with E-state index < -0.39 is 17.3 Å². The van der Waals surface area contributed by atoms with E-state index in [0.29, 0.717) is 15.0 Å². The van der Waals surface area contributed by atoms with Gasteiger partial charge in [0.1, 0.15) is 22.9 Å². The predicted octanol–water partition coefficient (Wildman–Crippen LogP) is 3.41. The molecule has 0 unspecified atom stereocenters. The average molecular weight is 519 g/mol. The summed E-state index contributed by atoms with van der Waals surface area (Å²) in [6, 6.07) is 9.05. The number of ether oxygens (including phenoxy) is 1. The van der Waals surface area contributed by atoms with E-state index in [1.807, 2.05) is 22.6 Å². The Morgan fingerprint density at radius 3 is 2.77 bits per heavy atom. The van der Waals surface area contributed by atoms with Crippen LogP contribution in [0, 0.1) is 9.39 Å². The van der Waals surface area contributed by atoms with Crippen molar-refractivity contribution in [3.63, 3.8) is 0 Å². The summed E-state index contributed by atoms with van der Waals surface area (Å²) in [4.78, 5) is 29.1. The molecule has 0 bridgehead atoms. The highest BCUT2D eigenvalue weighted by Crippen LogP contribution is 2.32. The lowest BCUT2D eigenvalue weighted by Crippen LogP contribution is -2.25. The molecule has 1 amide bonds. The number of carbonyl (C=O) groups is 1. The molecule has 0 saturated carbocycles. The lowest BCUT2D eigenvalue weighted by molar-refractivity contribution is 0.0998. The van der Waals surface area contributed by atoms with Crippen molar-refractivity contribution in [1.29, 1.82) is 0 Å². The van der Waals surface area contributed by atoms with Crippen LogP contribution in [0.5, 0.6) is 11.5 Å². The molecular formula is C20H15FIN5O3. The third-order valence-corrected chi connectivity index (χ3v) is 5.11. The van der Waals surface area contributed by atoms with Crippen molar-refractivity contribution in [3.8, 4) is 11.5 Å². The summed E-state index contributed by atoms with van der Waals surface area (Å²) in [7, 11) is 1.45. The average Bonchev–Trinajstić information content (AvgIpc) is 3.17. The highest BCUT2D eigenvalue weighted by Gasteiger charge is 2.22. The largest absolute Gasteiger partial charge is 0.452 e. The van der Waals surface area contributed by atoms with Gasteiger partial charge >= 0.3 is 0 Å². The van der Waals surface area contributed by atoms with Gasteiger partial charge < -0.3 is 20.2 Å². The summed E-state index contributed by atoms with van der Waals surface area (Å²) in [5.74, 6) is -1.11. The zero-order valence-electron chi connectivity index (χ0n) is 15.6. The molecule has 0 aliphatic heterocycles. The van der Waals surface area contributed by atoms with Crippen LogP contribution in [0.4, 0.5) is 15.9 Å². The fourth-order valence-electron chi connectivity index (χ4n) is 2.98. The number of pyridine rings is 2. The minimum absolute atomic E-state index is 0.0143. The van der Waals surface area contributed by atoms with E-state index in [-0.39, 0.29) is 22.8 Å². The summed E-state index contributed by atoms with van der Waals surface area (Å²) in [6.07, 6.45) is 5.10. The number of nitrogens with two attached hydrogens (primary N) is 1. The summed E-state index contributed by atoms with van der Waals surface area (Å²) in [6.45, 7) is 0. The molecule has 0 aliphatic rings. The van der Waals surface area contributed by atoms with Crippen LogP contribution < -0.4 is 21.3 Å². The topological polar surface area (TPSA) is 104 Å². The van der Waals surface area contributed by atoms with Crippen molar-refractivity contribution in [2.24, 2.45) is 12.8 Å². The highest BCUT2D eigenvalue weighted by molar-refractivity contribution is 14.1. The molecule has 0 radical (unpaired) electrons. The van der Waals surface area contributed by atoms with Crippen molar-refractivity contribution in [2.45, 2.75) is 0 Å². The molecule has 1 aromatic carbocycles. The van der Waals surface area contributed by atoms with Gasteiger partial charge in [-0.2, -0.15) is 0 Å². The Hall–Kier alpha value is -3.41. The molecule has 30 heavy (non-hydrogen) atoms. The number of hydrogen-bond acceptors (Lipinski definition) is 5. The maximum Gasteiger partial charge on any atom is 0.256 e. The first-order valence-corrected chi connectivity index (χ1v) is 9.78. The number of imidazole rings is 1. The first kappa shape index (κ1) is 19.9. The van der Waals surface area contributed by atoms with Crippen LogP contribution in [-0.2, 0) is 7.05 Å². The summed E-state index contributed by atoms with van der Waals surface area (Å²) < 4.78 is 23.8. The van der Waals surface area contributed by atoms with Gasteiger partial charge in [0.25, 0.3) is 11.5 Å². The zero-order chi connectivity index (χ0) is 21.4. The number of hydrogen-bond donors (Lipinski definition) is 2. The fraction of sp³-hybridized carbons (Fsp3) is 0.0500. The lowest BCUT2D eigenvalue weighted by Gasteiger charge is -2.18. The number of nitrogens with one attached hydrogen (secondary N) is 1. The van der Waals surface area contributed by atoms with Crippen LogP contribution >= 0.6 is 22.6 Å². The molecule has 10 heteroatoms. The molecule has 8 nitrogen and oxygen atoms in total. The zero-order valence-corrected chi connectivity index (χ0v) is 17.8. The van der Waals surface area contributed by atoms with E-state index in [1.54, 1.807) is 41.2 Å². The number of anilines is 2. The third kappa shape index (κ3) is 3.61. The van der Waals surface area contributed by atoms with E-state index in [9.17, 15) is 14.0 Å². The number of fused-ring (bicyclic) bond motifs is 1. The standard InChI is InChI=1S/C20H15FIN5O3/c1-26-16(28)10-15(30-14-3-2-7-27-8-6-24-19(14)27)17(18(23)29)20(26)25-13-5-4-11(22)9-12(13)21/h2-10,25H,1H3,(H2,23,29). The van der Waals surface area contributed by atoms with Gasteiger partial charge in [0.2, 0.25) is 0 Å². The minimum atomic E-state index is -0.843. The van der Waals surface area contributed by atoms with Crippen LogP contribution in [0.3, 0.4) is 0 Å². The number of benzene rings is 1. The number of halogens is 2. The minimum Gasteiger partial charge on any atom is -0.452 e. The van der Waals surface area contributed by atoms with Crippen molar-refractivity contribution < 1.29 is 13.9 Å². The van der Waals surface area contributed by atoms with Gasteiger partial charge in [-0.15, -0.1) is 0 Å². The molecule has 3 heterocycles. The molecule has 4 rings (SSSR count). The van der Waals surface area contributed by atoms with Gasteiger partial charge in [0.05, 0.1) is 5.69 Å². The maximum atomic E-state index is 14.4. The molecule has 0 spiro atoms. The van der Waals surface area contributed by atoms with Crippen molar-refractivity contribution in [3.05, 3.63) is 80.3 Å². The molecule has 0 fully saturated rings. The second kappa shape index (κ2) is 7.78. The smallest absolute Gasteiger partial charge is 0.256 e. The third-order valence-electron chi connectivity index (χ3n) is 4.44. The van der Waals surface area contributed by atoms with Crippen LogP contribution in [0.25, 0.3) is 5.65 Å². The van der Waals surface area contributed by atoms with Gasteiger partial charge in [-0.3, -0.25) is 14.2 Å². The quantitative estimate of drug-likeness (QED) is 0.394. The van der Waals surface area contributed by atoms with Crippen molar-refractivity contribution in [1.82, 2.24) is 14.0 Å². The van der Waals surface area contributed by atoms with Gasteiger partial charge in [-0.1, -0.05) is 0 Å². The Morgan fingerprint density at radius 2 is 2.03 bits per heavy atom. The van der Waals surface area contributed by atoms with Crippen LogP contribution in [0.15, 0.2) is 59.8 Å². The van der Waals surface area contributed by atoms with Gasteiger partial charge in [-0.05, 0) is 52.9 Å². The Morgan fingerprint density at radius 1 is 1.23 bits per heavy atom. The van der Waals surface area contributed by atoms with Crippen LogP contribution in [-0.4, -0.2) is 19.9 Å². The molecule has 152 valence electrons. The van der Waals surface area contributed by atoms with Crippen LogP contribution in [0.1, 0.15) is 10.4 Å². The first-order chi connectivity index (χ1) is 14.3. The second-order valence-electron chi connectivity index (χ2n) is 6.38. The fourth-order valence-corrected chi connectivity index (χ4v) is 3.43. The van der Waals surface area contributed by atoms with E-state index >= 15 is 0 Å². The molecular weight excluding hydrogens is 504 g/mol. The van der Waals surface area contributed by atoms with Crippen LogP contribution in [0.2, 0.25) is 0 Å². The number of primary amides is 1. The maximum absolute atomic E-state index is 14.4. The summed E-state index contributed by atoms with van der Waals surface area (Å²) >= 11 is 1.98. The predicted molar refractivity (Wildman–Crippen MR) is 118 cm³/mol. The number of amides is 1. The van der Waals surface area contributed by atoms with E-state index in [2.05, 4.69) is 10.3 Å². The SMILES string of the molecule is Cn1c(Nc2ccc(I)cc2F)c(C(N)=O)c(Oc2cccn3ccnc23)cc1=O. The Labute approximate surface area is 183 Å². The van der Waals surface area contributed by atoms with Crippen molar-refractivity contribution in [2.75, 3.05) is 5.32 Å². The van der Waals surface area contributed by atoms with Crippen molar-refractivity contribution >= 4 is 45.7 Å². The Kier molecular flexibility index (Phi) is 5.16. The molecule has 0 saturated heterocycles. The molecule has 3 N–H and O–H groups in total. The van der Waals surface area contributed by atoms with E-state index in [0.717, 1.165) is 6.07 Å². The van der Waals surface area contributed by atoms with E-state index in [1.165, 1.54) is 23.7 Å². The van der Waals surface area contributed by atoms with E-state index in [4.69, 9.17) is 10.5 Å². The summed E-state index contributed by atoms with van der Waals surface area (Å²) in [5, 5.41) is 2.80. The highest BCUT2D eigenvalue weighted by atomic mass is 127. The molecule has 0 atom stereocenters. The Bertz CT molecular complexity index is 1350. The number of carbonyl (C=O) groups excluding carboxylic acids is 1. The second-order valence-corrected chi connectivity index (χ2v) is 7.62. The number of rotatable bonds is 5. The van der Waals surface area contributed by atoms with Gasteiger partial charge in [0, 0.05) is 35.3 Å². The molecule has 4 aromatic rings. The first-order valence-electron chi connectivity index (χ1n) is 8.70. The Balaban J connectivity index is 1.86. The lowest BCUT2D eigenvalue weighted by atomic mass is 10.2. The number of aromatic nitrogens is 3. The number of nitrogens with zero attached hydrogens (tertiary/aromatic N) is 3. The van der Waals surface area contributed by atoms with Gasteiger partial charge in [0.15, 0.2) is 11.4 Å². The molecule has 3 aromatic heterocycles. The van der Waals surface area contributed by atoms with Gasteiger partial charge in [-0.25, -0.2) is 9.37 Å². The normalized spacial score (nSPS) is 10.9.